The second-order valence-corrected chi connectivity index (χ2v) is 7.64. The van der Waals surface area contributed by atoms with Crippen LogP contribution in [0.25, 0.3) is 10.6 Å². The van der Waals surface area contributed by atoms with Crippen LogP contribution in [0.3, 0.4) is 0 Å². The zero-order valence-electron chi connectivity index (χ0n) is 13.1. The normalized spacial score (nSPS) is 20.0. The molecule has 1 aromatic heterocycles. The Labute approximate surface area is 143 Å². The monoisotopic (exact) mass is 351 g/mol. The molecule has 1 unspecified atom stereocenters. The maximum Gasteiger partial charge on any atom is 0.160 e. The van der Waals surface area contributed by atoms with Gasteiger partial charge in [0.15, 0.2) is 16.9 Å². The summed E-state index contributed by atoms with van der Waals surface area (Å²) >= 11 is -0.624. The molecular formula is C16H21N3O2S2. The zero-order chi connectivity index (χ0) is 16.2. The minimum Gasteiger partial charge on any atom is -0.306 e. The topological polar surface area (TPSA) is 66.3 Å². The van der Waals surface area contributed by atoms with E-state index in [2.05, 4.69) is 45.4 Å². The van der Waals surface area contributed by atoms with Gasteiger partial charge in [-0.25, -0.2) is 9.19 Å². The van der Waals surface area contributed by atoms with Crippen LogP contribution < -0.4 is 0 Å². The van der Waals surface area contributed by atoms with Gasteiger partial charge in [0, 0.05) is 18.2 Å². The predicted octanol–water partition coefficient (Wildman–Crippen LogP) is 2.95. The van der Waals surface area contributed by atoms with Crippen molar-refractivity contribution in [1.29, 1.82) is 0 Å². The van der Waals surface area contributed by atoms with Crippen LogP contribution in [-0.4, -0.2) is 42.2 Å². The second-order valence-electron chi connectivity index (χ2n) is 5.96. The van der Waals surface area contributed by atoms with Crippen molar-refractivity contribution in [1.82, 2.24) is 14.3 Å². The number of nitrogens with zero attached hydrogens (tertiary/aromatic N) is 3. The van der Waals surface area contributed by atoms with Crippen molar-refractivity contribution in [3.05, 3.63) is 35.7 Å². The average Bonchev–Trinajstić information content (AvgIpc) is 3.14. The highest BCUT2D eigenvalue weighted by molar-refractivity contribution is 7.78. The van der Waals surface area contributed by atoms with Crippen LogP contribution in [0.15, 0.2) is 24.3 Å². The molecule has 124 valence electrons. The lowest BCUT2D eigenvalue weighted by molar-refractivity contribution is 0.272. The van der Waals surface area contributed by atoms with Crippen molar-refractivity contribution < 1.29 is 8.76 Å². The fourth-order valence-electron chi connectivity index (χ4n) is 2.95. The lowest BCUT2D eigenvalue weighted by Gasteiger charge is -2.20. The standard InChI is InChI=1S/C16H21N3O2S2/c1-12-3-2-9-19(12)10-8-13-4-6-14(7-5-13)16-17-15(18-22-16)11-23(20)21/h4-7,12H,2-3,8-11H2,1H3,(H,20,21)/t12-/m1/s1. The summed E-state index contributed by atoms with van der Waals surface area (Å²) in [6.07, 6.45) is 3.70. The minimum absolute atomic E-state index is 0.0113. The summed E-state index contributed by atoms with van der Waals surface area (Å²) in [5.41, 5.74) is 2.34. The smallest absolute Gasteiger partial charge is 0.160 e. The number of hydrogen-bond donors (Lipinski definition) is 1. The fraction of sp³-hybridized carbons (Fsp3) is 0.500. The van der Waals surface area contributed by atoms with Crippen molar-refractivity contribution in [3.63, 3.8) is 0 Å². The lowest BCUT2D eigenvalue weighted by atomic mass is 10.1. The summed E-state index contributed by atoms with van der Waals surface area (Å²) in [6.45, 7) is 4.65. The molecule has 7 heteroatoms. The van der Waals surface area contributed by atoms with E-state index in [0.717, 1.165) is 23.5 Å². The highest BCUT2D eigenvalue weighted by atomic mass is 32.2. The van der Waals surface area contributed by atoms with Gasteiger partial charge in [-0.05, 0) is 49.8 Å². The Morgan fingerprint density at radius 2 is 2.17 bits per heavy atom. The van der Waals surface area contributed by atoms with Gasteiger partial charge in [-0.1, -0.05) is 24.3 Å². The molecule has 0 amide bonds. The number of aromatic nitrogens is 2. The molecule has 23 heavy (non-hydrogen) atoms. The molecule has 0 spiro atoms. The van der Waals surface area contributed by atoms with Gasteiger partial charge in [-0.2, -0.15) is 4.37 Å². The van der Waals surface area contributed by atoms with Crippen LogP contribution in [0.1, 0.15) is 31.2 Å². The van der Waals surface area contributed by atoms with Gasteiger partial charge in [0.1, 0.15) is 10.8 Å². The van der Waals surface area contributed by atoms with Crippen molar-refractivity contribution in [2.75, 3.05) is 13.1 Å². The number of rotatable bonds is 6. The number of hydrogen-bond acceptors (Lipinski definition) is 5. The van der Waals surface area contributed by atoms with Crippen molar-refractivity contribution in [2.45, 2.75) is 38.0 Å². The molecule has 3 rings (SSSR count). The molecule has 0 aliphatic carbocycles. The van der Waals surface area contributed by atoms with Crippen LogP contribution in [-0.2, 0) is 23.3 Å². The van der Waals surface area contributed by atoms with Crippen LogP contribution in [0.2, 0.25) is 0 Å². The van der Waals surface area contributed by atoms with E-state index in [1.54, 1.807) is 0 Å². The zero-order valence-corrected chi connectivity index (χ0v) is 14.8. The Morgan fingerprint density at radius 1 is 1.39 bits per heavy atom. The molecule has 2 aromatic rings. The van der Waals surface area contributed by atoms with Crippen LogP contribution in [0, 0.1) is 0 Å². The summed E-state index contributed by atoms with van der Waals surface area (Å²) < 4.78 is 23.8. The number of benzene rings is 1. The van der Waals surface area contributed by atoms with Crippen LogP contribution in [0.5, 0.6) is 0 Å². The first kappa shape index (κ1) is 16.7. The van der Waals surface area contributed by atoms with Gasteiger partial charge in [0.25, 0.3) is 0 Å². The molecule has 0 bridgehead atoms. The van der Waals surface area contributed by atoms with E-state index in [1.165, 1.54) is 36.5 Å². The van der Waals surface area contributed by atoms with E-state index in [9.17, 15) is 4.21 Å². The Bertz CT molecular complexity index is 672. The Balaban J connectivity index is 1.60. The average molecular weight is 351 g/mol. The van der Waals surface area contributed by atoms with Crippen molar-refractivity contribution in [2.24, 2.45) is 0 Å². The third-order valence-corrected chi connectivity index (χ3v) is 5.61. The molecule has 1 N–H and O–H groups in total. The van der Waals surface area contributed by atoms with Gasteiger partial charge in [-0.3, -0.25) is 0 Å². The van der Waals surface area contributed by atoms with Gasteiger partial charge in [-0.15, -0.1) is 0 Å². The molecule has 1 fully saturated rings. The van der Waals surface area contributed by atoms with Crippen molar-refractivity contribution in [3.8, 4) is 10.6 Å². The van der Waals surface area contributed by atoms with E-state index in [4.69, 9.17) is 4.55 Å². The van der Waals surface area contributed by atoms with Gasteiger partial charge < -0.3 is 9.45 Å². The van der Waals surface area contributed by atoms with E-state index in [1.807, 2.05) is 0 Å². The van der Waals surface area contributed by atoms with Gasteiger partial charge in [0.05, 0.1) is 0 Å². The maximum atomic E-state index is 10.8. The highest BCUT2D eigenvalue weighted by Crippen LogP contribution is 2.23. The van der Waals surface area contributed by atoms with Crippen molar-refractivity contribution >= 4 is 22.6 Å². The molecule has 1 aliphatic rings. The molecule has 0 saturated carbocycles. The Hall–Kier alpha value is -1.15. The summed E-state index contributed by atoms with van der Waals surface area (Å²) in [5, 5.41) is 0.796. The largest absolute Gasteiger partial charge is 0.306 e. The Morgan fingerprint density at radius 3 is 2.83 bits per heavy atom. The highest BCUT2D eigenvalue weighted by Gasteiger charge is 2.19. The molecule has 0 radical (unpaired) electrons. The second kappa shape index (κ2) is 7.61. The molecular weight excluding hydrogens is 330 g/mol. The van der Waals surface area contributed by atoms with E-state index >= 15 is 0 Å². The molecule has 2 heterocycles. The summed E-state index contributed by atoms with van der Waals surface area (Å²) in [7, 11) is 0. The van der Waals surface area contributed by atoms with E-state index in [0.29, 0.717) is 11.9 Å². The van der Waals surface area contributed by atoms with Crippen LogP contribution in [0.4, 0.5) is 0 Å². The predicted molar refractivity (Wildman–Crippen MR) is 93.8 cm³/mol. The van der Waals surface area contributed by atoms with E-state index < -0.39 is 11.1 Å². The summed E-state index contributed by atoms with van der Waals surface area (Å²) in [4.78, 5) is 6.87. The third kappa shape index (κ3) is 4.44. The molecule has 5 nitrogen and oxygen atoms in total. The fourth-order valence-corrected chi connectivity index (χ4v) is 4.07. The SMILES string of the molecule is C[C@@H]1CCCN1CCc1ccc(-c2nc(CS(=O)O)ns2)cc1. The first-order chi connectivity index (χ1) is 11.1. The third-order valence-electron chi connectivity index (χ3n) is 4.30. The molecule has 2 atom stereocenters. The first-order valence-corrected chi connectivity index (χ1v) is 9.90. The van der Waals surface area contributed by atoms with Gasteiger partial charge >= 0.3 is 0 Å². The van der Waals surface area contributed by atoms with Crippen LogP contribution >= 0.6 is 11.5 Å². The molecule has 1 saturated heterocycles. The van der Waals surface area contributed by atoms with Gasteiger partial charge in [0.2, 0.25) is 0 Å². The first-order valence-electron chi connectivity index (χ1n) is 7.85. The summed E-state index contributed by atoms with van der Waals surface area (Å²) in [6, 6.07) is 9.11. The molecule has 1 aromatic carbocycles. The summed E-state index contributed by atoms with van der Waals surface area (Å²) in [5.74, 6) is 0.417. The maximum absolute atomic E-state index is 10.8. The molecule has 1 aliphatic heterocycles. The number of likely N-dealkylation sites (tertiary alicyclic amines) is 1. The minimum atomic E-state index is -1.89. The van der Waals surface area contributed by atoms with E-state index in [-0.39, 0.29) is 5.75 Å². The Kier molecular flexibility index (Phi) is 5.53. The quantitative estimate of drug-likeness (QED) is 0.811. The lowest BCUT2D eigenvalue weighted by Crippen LogP contribution is -2.28.